The lowest BCUT2D eigenvalue weighted by atomic mass is 9.97. The molecule has 2 rings (SSSR count). The first kappa shape index (κ1) is 21.2. The summed E-state index contributed by atoms with van der Waals surface area (Å²) in [6.07, 6.45) is -3.95. The second-order valence-electron chi connectivity index (χ2n) is 6.33. The second kappa shape index (κ2) is 8.28. The van der Waals surface area contributed by atoms with Gasteiger partial charge in [0.2, 0.25) is 10.0 Å². The largest absolute Gasteiger partial charge is 0.573 e. The topological polar surface area (TPSA) is 75.6 Å². The lowest BCUT2D eigenvalue weighted by molar-refractivity contribution is -0.274. The van der Waals surface area contributed by atoms with Crippen LogP contribution in [0.15, 0.2) is 59.5 Å². The van der Waals surface area contributed by atoms with E-state index in [0.717, 1.165) is 29.8 Å². The summed E-state index contributed by atoms with van der Waals surface area (Å²) in [5.41, 5.74) is -0.275. The van der Waals surface area contributed by atoms with Crippen LogP contribution in [0.5, 0.6) is 5.75 Å². The van der Waals surface area contributed by atoms with Crippen molar-refractivity contribution in [3.63, 3.8) is 0 Å². The van der Waals surface area contributed by atoms with E-state index in [0.29, 0.717) is 12.8 Å². The van der Waals surface area contributed by atoms with Gasteiger partial charge in [0.25, 0.3) is 0 Å². The van der Waals surface area contributed by atoms with Gasteiger partial charge in [0.15, 0.2) is 0 Å². The highest BCUT2D eigenvalue weighted by Gasteiger charge is 2.31. The molecule has 0 bridgehead atoms. The van der Waals surface area contributed by atoms with Gasteiger partial charge in [0.1, 0.15) is 5.75 Å². The second-order valence-corrected chi connectivity index (χ2v) is 8.09. The third-order valence-electron chi connectivity index (χ3n) is 3.81. The van der Waals surface area contributed by atoms with Gasteiger partial charge in [-0.15, -0.1) is 13.2 Å². The molecule has 148 valence electrons. The number of sulfonamides is 1. The Morgan fingerprint density at radius 3 is 2.19 bits per heavy atom. The van der Waals surface area contributed by atoms with Crippen LogP contribution in [0.2, 0.25) is 0 Å². The molecule has 0 radical (unpaired) electrons. The van der Waals surface area contributed by atoms with Crippen molar-refractivity contribution < 1.29 is 31.4 Å². The van der Waals surface area contributed by atoms with E-state index in [1.807, 2.05) is 30.3 Å². The van der Waals surface area contributed by atoms with Gasteiger partial charge in [-0.1, -0.05) is 30.3 Å². The van der Waals surface area contributed by atoms with Crippen LogP contribution in [0.25, 0.3) is 0 Å². The molecule has 0 heterocycles. The standard InChI is InChI=1S/C18H20F3NO4S/c1-17(23,12-11-14-5-3-2-4-6-14)13-22-27(24,25)16-9-7-15(8-10-16)26-18(19,20)21/h2-10,22-23H,11-13H2,1H3/t17-/m0/s1. The van der Waals surface area contributed by atoms with Gasteiger partial charge in [-0.2, -0.15) is 0 Å². The van der Waals surface area contributed by atoms with E-state index in [-0.39, 0.29) is 11.4 Å². The Kier molecular flexibility index (Phi) is 6.50. The molecule has 0 aliphatic rings. The monoisotopic (exact) mass is 403 g/mol. The van der Waals surface area contributed by atoms with Crippen molar-refractivity contribution in [3.05, 3.63) is 60.2 Å². The van der Waals surface area contributed by atoms with Crippen molar-refractivity contribution in [2.45, 2.75) is 36.6 Å². The van der Waals surface area contributed by atoms with Crippen LogP contribution in [-0.4, -0.2) is 32.0 Å². The van der Waals surface area contributed by atoms with Crippen molar-refractivity contribution in [1.29, 1.82) is 0 Å². The average Bonchev–Trinajstić information content (AvgIpc) is 2.59. The number of halogens is 3. The molecule has 9 heteroatoms. The molecule has 5 nitrogen and oxygen atoms in total. The van der Waals surface area contributed by atoms with Crippen molar-refractivity contribution in [2.24, 2.45) is 0 Å². The summed E-state index contributed by atoms with van der Waals surface area (Å²) in [5, 5.41) is 10.4. The Labute approximate surface area is 155 Å². The molecule has 0 fully saturated rings. The summed E-state index contributed by atoms with van der Waals surface area (Å²) >= 11 is 0. The highest BCUT2D eigenvalue weighted by molar-refractivity contribution is 7.89. The smallest absolute Gasteiger partial charge is 0.406 e. The average molecular weight is 403 g/mol. The van der Waals surface area contributed by atoms with Crippen LogP contribution >= 0.6 is 0 Å². The van der Waals surface area contributed by atoms with Crippen LogP contribution < -0.4 is 9.46 Å². The van der Waals surface area contributed by atoms with Crippen LogP contribution in [0, 0.1) is 0 Å². The number of hydrogen-bond acceptors (Lipinski definition) is 4. The van der Waals surface area contributed by atoms with E-state index in [1.165, 1.54) is 6.92 Å². The van der Waals surface area contributed by atoms with E-state index in [9.17, 15) is 26.7 Å². The molecule has 0 saturated carbocycles. The number of nitrogens with one attached hydrogen (secondary N) is 1. The Balaban J connectivity index is 1.94. The maximum atomic E-state index is 12.3. The predicted octanol–water partition coefficient (Wildman–Crippen LogP) is 3.25. The number of aryl methyl sites for hydroxylation is 1. The third kappa shape index (κ3) is 7.20. The van der Waals surface area contributed by atoms with Crippen LogP contribution in [-0.2, 0) is 16.4 Å². The van der Waals surface area contributed by atoms with Gasteiger partial charge in [0.05, 0.1) is 10.5 Å². The number of rotatable bonds is 8. The molecule has 27 heavy (non-hydrogen) atoms. The lowest BCUT2D eigenvalue weighted by Crippen LogP contribution is -2.40. The van der Waals surface area contributed by atoms with Gasteiger partial charge in [-0.25, -0.2) is 13.1 Å². The Bertz CT molecular complexity index is 835. The first-order chi connectivity index (χ1) is 12.5. The SMILES string of the molecule is C[C@](O)(CCc1ccccc1)CNS(=O)(=O)c1ccc(OC(F)(F)F)cc1. The van der Waals surface area contributed by atoms with Gasteiger partial charge in [-0.05, 0) is 49.6 Å². The summed E-state index contributed by atoms with van der Waals surface area (Å²) < 4.78 is 66.9. The molecule has 0 aliphatic heterocycles. The zero-order valence-electron chi connectivity index (χ0n) is 14.5. The van der Waals surface area contributed by atoms with E-state index in [4.69, 9.17) is 0 Å². The molecule has 0 saturated heterocycles. The van der Waals surface area contributed by atoms with Gasteiger partial charge in [0, 0.05) is 6.54 Å². The zero-order valence-corrected chi connectivity index (χ0v) is 15.3. The van der Waals surface area contributed by atoms with E-state index < -0.39 is 27.7 Å². The zero-order chi connectivity index (χ0) is 20.1. The first-order valence-corrected chi connectivity index (χ1v) is 9.57. The molecule has 0 amide bonds. The summed E-state index contributed by atoms with van der Waals surface area (Å²) in [5.74, 6) is -0.517. The van der Waals surface area contributed by atoms with Gasteiger partial charge >= 0.3 is 6.36 Å². The quantitative estimate of drug-likeness (QED) is 0.710. The fourth-order valence-corrected chi connectivity index (χ4v) is 3.46. The molecular weight excluding hydrogens is 383 g/mol. The maximum absolute atomic E-state index is 12.3. The molecule has 0 unspecified atom stereocenters. The number of aliphatic hydroxyl groups is 1. The normalized spacial score (nSPS) is 14.6. The first-order valence-electron chi connectivity index (χ1n) is 8.09. The summed E-state index contributed by atoms with van der Waals surface area (Å²) in [4.78, 5) is -0.226. The summed E-state index contributed by atoms with van der Waals surface area (Å²) in [7, 11) is -3.98. The van der Waals surface area contributed by atoms with Crippen molar-refractivity contribution in [2.75, 3.05) is 6.54 Å². The van der Waals surface area contributed by atoms with Gasteiger partial charge < -0.3 is 9.84 Å². The molecule has 2 aromatic carbocycles. The molecule has 2 N–H and O–H groups in total. The number of benzene rings is 2. The number of hydrogen-bond donors (Lipinski definition) is 2. The minimum Gasteiger partial charge on any atom is -0.406 e. The van der Waals surface area contributed by atoms with Crippen LogP contribution in [0.3, 0.4) is 0 Å². The highest BCUT2D eigenvalue weighted by Crippen LogP contribution is 2.24. The fraction of sp³-hybridized carbons (Fsp3) is 0.333. The van der Waals surface area contributed by atoms with E-state index in [2.05, 4.69) is 9.46 Å². The third-order valence-corrected chi connectivity index (χ3v) is 5.22. The Hall–Kier alpha value is -2.10. The van der Waals surface area contributed by atoms with E-state index in [1.54, 1.807) is 0 Å². The molecule has 0 aromatic heterocycles. The molecule has 2 aromatic rings. The summed E-state index contributed by atoms with van der Waals surface area (Å²) in [6, 6.07) is 13.3. The molecule has 0 spiro atoms. The minimum atomic E-state index is -4.85. The highest BCUT2D eigenvalue weighted by atomic mass is 32.2. The molecule has 1 atom stereocenters. The van der Waals surface area contributed by atoms with E-state index >= 15 is 0 Å². The predicted molar refractivity (Wildman–Crippen MR) is 93.7 cm³/mol. The van der Waals surface area contributed by atoms with Crippen LogP contribution in [0.4, 0.5) is 13.2 Å². The number of ether oxygens (including phenoxy) is 1. The minimum absolute atomic E-state index is 0.226. The maximum Gasteiger partial charge on any atom is 0.573 e. The summed E-state index contributed by atoms with van der Waals surface area (Å²) in [6.45, 7) is 1.28. The van der Waals surface area contributed by atoms with Crippen molar-refractivity contribution in [1.82, 2.24) is 4.72 Å². The molecule has 0 aliphatic carbocycles. The van der Waals surface area contributed by atoms with Crippen molar-refractivity contribution in [3.8, 4) is 5.75 Å². The Morgan fingerprint density at radius 1 is 1.04 bits per heavy atom. The van der Waals surface area contributed by atoms with Crippen LogP contribution in [0.1, 0.15) is 18.9 Å². The number of alkyl halides is 3. The Morgan fingerprint density at radius 2 is 1.63 bits per heavy atom. The molecular formula is C18H20F3NO4S. The lowest BCUT2D eigenvalue weighted by Gasteiger charge is -2.23. The fourth-order valence-electron chi connectivity index (χ4n) is 2.30. The van der Waals surface area contributed by atoms with Gasteiger partial charge in [-0.3, -0.25) is 0 Å². The van der Waals surface area contributed by atoms with Crippen molar-refractivity contribution >= 4 is 10.0 Å².